The molecule has 0 unspecified atom stereocenters. The summed E-state index contributed by atoms with van der Waals surface area (Å²) in [7, 11) is 0. The van der Waals surface area contributed by atoms with Crippen LogP contribution in [0.3, 0.4) is 0 Å². The molecule has 2 aromatic carbocycles. The predicted octanol–water partition coefficient (Wildman–Crippen LogP) is 1.85. The van der Waals surface area contributed by atoms with E-state index in [-0.39, 0.29) is 17.9 Å². The van der Waals surface area contributed by atoms with Gasteiger partial charge in [0.1, 0.15) is 6.04 Å². The fourth-order valence-corrected chi connectivity index (χ4v) is 4.76. The molecule has 0 saturated carbocycles. The van der Waals surface area contributed by atoms with E-state index in [9.17, 15) is 19.5 Å². The predicted molar refractivity (Wildman–Crippen MR) is 120 cm³/mol. The third-order valence-electron chi connectivity index (χ3n) is 6.79. The van der Waals surface area contributed by atoms with Crippen LogP contribution in [0.25, 0.3) is 0 Å². The molecule has 2 aliphatic heterocycles. The Bertz CT molecular complexity index is 999. The van der Waals surface area contributed by atoms with Crippen molar-refractivity contribution in [2.75, 3.05) is 13.1 Å². The number of hydrogen-bond donors (Lipinski definition) is 3. The van der Waals surface area contributed by atoms with Gasteiger partial charge in [-0.2, -0.15) is 0 Å². The molecule has 2 heterocycles. The van der Waals surface area contributed by atoms with Crippen LogP contribution in [0.2, 0.25) is 0 Å². The number of rotatable bonds is 5. The van der Waals surface area contributed by atoms with E-state index in [1.54, 1.807) is 0 Å². The van der Waals surface area contributed by atoms with Crippen molar-refractivity contribution in [3.05, 3.63) is 71.3 Å². The maximum Gasteiger partial charge on any atom is 0.325 e. The number of hydrogen-bond acceptors (Lipinski definition) is 4. The molecular weight excluding hydrogens is 406 g/mol. The van der Waals surface area contributed by atoms with Crippen LogP contribution in [0.1, 0.15) is 36.5 Å². The van der Waals surface area contributed by atoms with Crippen molar-refractivity contribution in [3.63, 3.8) is 0 Å². The average molecular weight is 436 g/mol. The maximum atomic E-state index is 13.3. The van der Waals surface area contributed by atoms with Gasteiger partial charge in [0.05, 0.1) is 11.5 Å². The van der Waals surface area contributed by atoms with Gasteiger partial charge in [0.15, 0.2) is 0 Å². The Morgan fingerprint density at radius 3 is 2.31 bits per heavy atom. The van der Waals surface area contributed by atoms with Crippen LogP contribution in [0.4, 0.5) is 0 Å². The Hall–Kier alpha value is -3.19. The van der Waals surface area contributed by atoms with E-state index in [0.29, 0.717) is 38.9 Å². The van der Waals surface area contributed by atoms with Crippen molar-refractivity contribution < 1.29 is 19.5 Å². The molecule has 2 atom stereocenters. The number of carboxylic acids is 1. The summed E-state index contributed by atoms with van der Waals surface area (Å²) in [5.41, 5.74) is 2.42. The molecule has 0 radical (unpaired) electrons. The summed E-state index contributed by atoms with van der Waals surface area (Å²) < 4.78 is 0. The van der Waals surface area contributed by atoms with Crippen molar-refractivity contribution in [2.45, 2.75) is 50.2 Å². The van der Waals surface area contributed by atoms with Crippen molar-refractivity contribution in [2.24, 2.45) is 0 Å². The lowest BCUT2D eigenvalue weighted by molar-refractivity contribution is -0.143. The highest BCUT2D eigenvalue weighted by Crippen LogP contribution is 2.36. The van der Waals surface area contributed by atoms with Crippen LogP contribution in [-0.4, -0.2) is 53.0 Å². The summed E-state index contributed by atoms with van der Waals surface area (Å²) in [5, 5.41) is 15.2. The number of likely N-dealkylation sites (tertiary alicyclic amines) is 1. The van der Waals surface area contributed by atoms with E-state index in [2.05, 4.69) is 22.8 Å². The van der Waals surface area contributed by atoms with Gasteiger partial charge in [0.25, 0.3) is 0 Å². The number of carbonyl (C=O) groups excluding carboxylic acids is 2. The summed E-state index contributed by atoms with van der Waals surface area (Å²) in [5.74, 6) is -1.31. The van der Waals surface area contributed by atoms with Gasteiger partial charge < -0.3 is 20.6 Å². The van der Waals surface area contributed by atoms with E-state index in [0.717, 1.165) is 5.56 Å². The zero-order valence-electron chi connectivity index (χ0n) is 18.2. The Morgan fingerprint density at radius 1 is 1.03 bits per heavy atom. The molecule has 7 nitrogen and oxygen atoms in total. The number of benzene rings is 2. The second kappa shape index (κ2) is 9.12. The summed E-state index contributed by atoms with van der Waals surface area (Å²) in [6, 6.07) is 16.4. The number of piperidine rings is 1. The molecule has 0 aromatic heterocycles. The summed E-state index contributed by atoms with van der Waals surface area (Å²) in [6.07, 6.45) is 1.56. The van der Waals surface area contributed by atoms with Crippen LogP contribution in [0, 0.1) is 0 Å². The molecule has 32 heavy (non-hydrogen) atoms. The fraction of sp³-hybridized carbons (Fsp3) is 0.400. The van der Waals surface area contributed by atoms with Crippen molar-refractivity contribution in [1.29, 1.82) is 0 Å². The largest absolute Gasteiger partial charge is 0.480 e. The standard InChI is InChI=1S/C25H29N3O4/c1-17(23(30)31)27-24(32)25(20-9-3-2-4-10-20)11-13-28(14-12-25)22(29)21-15-18-7-5-6-8-19(18)16-26-21/h2-10,17,21,26H,11-16H2,1H3,(H,27,32)(H,30,31)/t17-,21-/m0/s1. The van der Waals surface area contributed by atoms with Gasteiger partial charge in [-0.1, -0.05) is 54.6 Å². The second-order valence-electron chi connectivity index (χ2n) is 8.71. The number of carboxylic acid groups (broad SMARTS) is 1. The highest BCUT2D eigenvalue weighted by Gasteiger charge is 2.45. The van der Waals surface area contributed by atoms with E-state index in [4.69, 9.17) is 0 Å². The molecule has 0 bridgehead atoms. The zero-order chi connectivity index (χ0) is 22.7. The Labute approximate surface area is 187 Å². The summed E-state index contributed by atoms with van der Waals surface area (Å²) in [4.78, 5) is 39.6. The lowest BCUT2D eigenvalue weighted by atomic mass is 9.71. The monoisotopic (exact) mass is 435 g/mol. The van der Waals surface area contributed by atoms with E-state index in [1.165, 1.54) is 18.1 Å². The molecule has 1 fully saturated rings. The molecule has 1 saturated heterocycles. The van der Waals surface area contributed by atoms with Crippen LogP contribution in [0.15, 0.2) is 54.6 Å². The Morgan fingerprint density at radius 2 is 1.66 bits per heavy atom. The molecule has 2 aromatic rings. The Balaban J connectivity index is 1.48. The Kier molecular flexibility index (Phi) is 6.28. The number of aliphatic carboxylic acids is 1. The van der Waals surface area contributed by atoms with Gasteiger partial charge in [-0.3, -0.25) is 14.4 Å². The first-order valence-corrected chi connectivity index (χ1v) is 11.1. The number of carbonyl (C=O) groups is 3. The molecule has 3 N–H and O–H groups in total. The van der Waals surface area contributed by atoms with Crippen LogP contribution in [-0.2, 0) is 32.8 Å². The SMILES string of the molecule is C[C@H](NC(=O)C1(c2ccccc2)CCN(C(=O)[C@@H]2Cc3ccccc3CN2)CC1)C(=O)O. The zero-order valence-corrected chi connectivity index (χ0v) is 18.2. The molecule has 7 heteroatoms. The minimum absolute atomic E-state index is 0.0560. The molecule has 168 valence electrons. The normalized spacial score (nSPS) is 20.7. The first-order valence-electron chi connectivity index (χ1n) is 11.1. The smallest absolute Gasteiger partial charge is 0.325 e. The maximum absolute atomic E-state index is 13.3. The van der Waals surface area contributed by atoms with Gasteiger partial charge in [0, 0.05) is 19.6 Å². The molecule has 2 aliphatic rings. The molecule has 4 rings (SSSR count). The van der Waals surface area contributed by atoms with Crippen molar-refractivity contribution in [1.82, 2.24) is 15.5 Å². The molecule has 0 aliphatic carbocycles. The summed E-state index contributed by atoms with van der Waals surface area (Å²) in [6.45, 7) is 3.03. The quantitative estimate of drug-likeness (QED) is 0.666. The van der Waals surface area contributed by atoms with Crippen LogP contribution >= 0.6 is 0 Å². The second-order valence-corrected chi connectivity index (χ2v) is 8.71. The third kappa shape index (κ3) is 4.25. The van der Waals surface area contributed by atoms with Crippen molar-refractivity contribution in [3.8, 4) is 0 Å². The first kappa shape index (κ1) is 22.0. The van der Waals surface area contributed by atoms with Gasteiger partial charge in [-0.25, -0.2) is 0 Å². The van der Waals surface area contributed by atoms with Crippen LogP contribution in [0.5, 0.6) is 0 Å². The van der Waals surface area contributed by atoms with Crippen LogP contribution < -0.4 is 10.6 Å². The molecule has 2 amide bonds. The van der Waals surface area contributed by atoms with Gasteiger partial charge in [0.2, 0.25) is 11.8 Å². The van der Waals surface area contributed by atoms with E-state index in [1.807, 2.05) is 47.4 Å². The van der Waals surface area contributed by atoms with Gasteiger partial charge >= 0.3 is 5.97 Å². The number of nitrogens with one attached hydrogen (secondary N) is 2. The van der Waals surface area contributed by atoms with Gasteiger partial charge in [-0.15, -0.1) is 0 Å². The number of nitrogens with zero attached hydrogens (tertiary/aromatic N) is 1. The topological polar surface area (TPSA) is 98.7 Å². The highest BCUT2D eigenvalue weighted by molar-refractivity contribution is 5.92. The molecule has 0 spiro atoms. The van der Waals surface area contributed by atoms with E-state index >= 15 is 0 Å². The van der Waals surface area contributed by atoms with E-state index < -0.39 is 17.4 Å². The number of amides is 2. The lowest BCUT2D eigenvalue weighted by Gasteiger charge is -2.42. The minimum Gasteiger partial charge on any atom is -0.480 e. The average Bonchev–Trinajstić information content (AvgIpc) is 2.83. The fourth-order valence-electron chi connectivity index (χ4n) is 4.76. The minimum atomic E-state index is -1.07. The first-order chi connectivity index (χ1) is 15.4. The number of fused-ring (bicyclic) bond motifs is 1. The third-order valence-corrected chi connectivity index (χ3v) is 6.79. The highest BCUT2D eigenvalue weighted by atomic mass is 16.4. The van der Waals surface area contributed by atoms with Crippen molar-refractivity contribution >= 4 is 17.8 Å². The lowest BCUT2D eigenvalue weighted by Crippen LogP contribution is -2.57. The van der Waals surface area contributed by atoms with Gasteiger partial charge in [-0.05, 0) is 42.9 Å². The molecular formula is C25H29N3O4. The summed E-state index contributed by atoms with van der Waals surface area (Å²) >= 11 is 0.